The molecule has 0 aliphatic heterocycles. The number of ether oxygens (including phenoxy) is 1. The molecule has 0 aliphatic carbocycles. The van der Waals surface area contributed by atoms with E-state index in [1.165, 1.54) is 12.4 Å². The molecule has 0 fully saturated rings. The third-order valence-electron chi connectivity index (χ3n) is 3.29. The number of carbonyl (C=O) groups excluding carboxylic acids is 1. The van der Waals surface area contributed by atoms with Gasteiger partial charge in [-0.3, -0.25) is 4.79 Å². The molecule has 0 saturated heterocycles. The van der Waals surface area contributed by atoms with Crippen molar-refractivity contribution in [2.75, 3.05) is 12.4 Å². The molecular weight excluding hydrogens is 290 g/mol. The lowest BCUT2D eigenvalue weighted by atomic mass is 10.2. The predicted molar refractivity (Wildman–Crippen MR) is 88.4 cm³/mol. The summed E-state index contributed by atoms with van der Waals surface area (Å²) in [5.74, 6) is 1.07. The zero-order chi connectivity index (χ0) is 16.1. The van der Waals surface area contributed by atoms with Crippen LogP contribution in [0, 0.1) is 0 Å². The topological polar surface area (TPSA) is 64.1 Å². The van der Waals surface area contributed by atoms with Gasteiger partial charge in [-0.1, -0.05) is 30.3 Å². The van der Waals surface area contributed by atoms with Crippen LogP contribution >= 0.6 is 0 Å². The summed E-state index contributed by atoms with van der Waals surface area (Å²) in [7, 11) is 1.60. The second-order valence-corrected chi connectivity index (χ2v) is 4.84. The van der Waals surface area contributed by atoms with E-state index < -0.39 is 0 Å². The van der Waals surface area contributed by atoms with Gasteiger partial charge in [0.15, 0.2) is 5.82 Å². The number of anilines is 1. The van der Waals surface area contributed by atoms with Gasteiger partial charge in [0.25, 0.3) is 5.91 Å². The molecule has 0 aliphatic rings. The van der Waals surface area contributed by atoms with Crippen LogP contribution in [0.1, 0.15) is 10.4 Å². The van der Waals surface area contributed by atoms with Crippen LogP contribution in [0.15, 0.2) is 67.0 Å². The second-order valence-electron chi connectivity index (χ2n) is 4.84. The van der Waals surface area contributed by atoms with Crippen LogP contribution in [-0.4, -0.2) is 23.0 Å². The van der Waals surface area contributed by atoms with Crippen molar-refractivity contribution in [1.82, 2.24) is 9.97 Å². The third-order valence-corrected chi connectivity index (χ3v) is 3.29. The van der Waals surface area contributed by atoms with Gasteiger partial charge in [0, 0.05) is 23.6 Å². The molecule has 0 bridgehead atoms. The summed E-state index contributed by atoms with van der Waals surface area (Å²) in [5, 5.41) is 2.79. The van der Waals surface area contributed by atoms with Gasteiger partial charge in [0.05, 0.1) is 12.7 Å². The number of carbonyl (C=O) groups is 1. The van der Waals surface area contributed by atoms with E-state index in [-0.39, 0.29) is 5.91 Å². The molecule has 23 heavy (non-hydrogen) atoms. The number of aromatic nitrogens is 2. The van der Waals surface area contributed by atoms with E-state index in [2.05, 4.69) is 15.3 Å². The third kappa shape index (κ3) is 3.52. The molecule has 1 N–H and O–H groups in total. The van der Waals surface area contributed by atoms with Crippen molar-refractivity contribution in [2.24, 2.45) is 0 Å². The van der Waals surface area contributed by atoms with E-state index in [0.29, 0.717) is 17.1 Å². The van der Waals surface area contributed by atoms with Crippen molar-refractivity contribution in [3.63, 3.8) is 0 Å². The molecule has 0 saturated carbocycles. The smallest absolute Gasteiger partial charge is 0.258 e. The van der Waals surface area contributed by atoms with Crippen molar-refractivity contribution in [3.05, 3.63) is 72.6 Å². The van der Waals surface area contributed by atoms with Crippen LogP contribution in [0.25, 0.3) is 11.4 Å². The highest BCUT2D eigenvalue weighted by Crippen LogP contribution is 2.16. The fourth-order valence-electron chi connectivity index (χ4n) is 2.06. The molecule has 3 aromatic rings. The van der Waals surface area contributed by atoms with Gasteiger partial charge in [0.1, 0.15) is 5.75 Å². The minimum absolute atomic E-state index is 0.255. The maximum Gasteiger partial charge on any atom is 0.258 e. The van der Waals surface area contributed by atoms with Crippen molar-refractivity contribution >= 4 is 11.6 Å². The van der Waals surface area contributed by atoms with Gasteiger partial charge < -0.3 is 10.1 Å². The maximum atomic E-state index is 12.2. The lowest BCUT2D eigenvalue weighted by molar-refractivity contribution is 0.102. The number of hydrogen-bond donors (Lipinski definition) is 1. The molecule has 5 heteroatoms. The Bertz CT molecular complexity index is 785. The average Bonchev–Trinajstić information content (AvgIpc) is 2.63. The number of nitrogens with zero attached hydrogens (tertiary/aromatic N) is 2. The number of methoxy groups -OCH3 is 1. The molecule has 0 radical (unpaired) electrons. The van der Waals surface area contributed by atoms with E-state index >= 15 is 0 Å². The summed E-state index contributed by atoms with van der Waals surface area (Å²) >= 11 is 0. The van der Waals surface area contributed by atoms with Crippen LogP contribution < -0.4 is 10.1 Å². The van der Waals surface area contributed by atoms with Gasteiger partial charge in [0.2, 0.25) is 0 Å². The first-order chi connectivity index (χ1) is 11.3. The lowest BCUT2D eigenvalue weighted by Crippen LogP contribution is -2.12. The van der Waals surface area contributed by atoms with E-state index in [0.717, 1.165) is 11.3 Å². The Labute approximate surface area is 134 Å². The summed E-state index contributed by atoms with van der Waals surface area (Å²) < 4.78 is 5.08. The number of amides is 1. The highest BCUT2D eigenvalue weighted by molar-refractivity contribution is 6.03. The monoisotopic (exact) mass is 305 g/mol. The quantitative estimate of drug-likeness (QED) is 0.802. The number of benzene rings is 2. The molecule has 0 atom stereocenters. The molecule has 0 unspecified atom stereocenters. The molecule has 3 rings (SSSR count). The Morgan fingerprint density at radius 3 is 2.22 bits per heavy atom. The fourth-order valence-corrected chi connectivity index (χ4v) is 2.06. The normalized spacial score (nSPS) is 10.1. The SMILES string of the molecule is COc1ccc(NC(=O)c2cnc(-c3ccccc3)nc2)cc1. The minimum Gasteiger partial charge on any atom is -0.497 e. The number of nitrogens with one attached hydrogen (secondary N) is 1. The zero-order valence-electron chi connectivity index (χ0n) is 12.6. The first-order valence-corrected chi connectivity index (χ1v) is 7.09. The van der Waals surface area contributed by atoms with Gasteiger partial charge in [-0.2, -0.15) is 0 Å². The first-order valence-electron chi connectivity index (χ1n) is 7.09. The highest BCUT2D eigenvalue weighted by Gasteiger charge is 2.08. The number of rotatable bonds is 4. The molecule has 0 spiro atoms. The van der Waals surface area contributed by atoms with Gasteiger partial charge in [-0.05, 0) is 24.3 Å². The van der Waals surface area contributed by atoms with E-state index in [9.17, 15) is 4.79 Å². The van der Waals surface area contributed by atoms with Crippen molar-refractivity contribution in [1.29, 1.82) is 0 Å². The van der Waals surface area contributed by atoms with Crippen molar-refractivity contribution < 1.29 is 9.53 Å². The summed E-state index contributed by atoms with van der Waals surface area (Å²) in [4.78, 5) is 20.7. The van der Waals surface area contributed by atoms with Crippen LogP contribution in [0.5, 0.6) is 5.75 Å². The summed E-state index contributed by atoms with van der Waals surface area (Å²) in [5.41, 5.74) is 2.00. The maximum absolute atomic E-state index is 12.2. The Balaban J connectivity index is 1.72. The van der Waals surface area contributed by atoms with E-state index in [1.54, 1.807) is 31.4 Å². The van der Waals surface area contributed by atoms with E-state index in [1.807, 2.05) is 30.3 Å². The standard InChI is InChI=1S/C18H15N3O2/c1-23-16-9-7-15(8-10-16)21-18(22)14-11-19-17(20-12-14)13-5-3-2-4-6-13/h2-12H,1H3,(H,21,22). The number of hydrogen-bond acceptors (Lipinski definition) is 4. The predicted octanol–water partition coefficient (Wildman–Crippen LogP) is 3.40. The molecule has 114 valence electrons. The molecule has 1 aromatic heterocycles. The van der Waals surface area contributed by atoms with E-state index in [4.69, 9.17) is 4.74 Å². The van der Waals surface area contributed by atoms with Crippen LogP contribution in [0.4, 0.5) is 5.69 Å². The molecular formula is C18H15N3O2. The minimum atomic E-state index is -0.255. The molecule has 1 heterocycles. The van der Waals surface area contributed by atoms with Crippen molar-refractivity contribution in [3.8, 4) is 17.1 Å². The molecule has 2 aromatic carbocycles. The Morgan fingerprint density at radius 2 is 1.61 bits per heavy atom. The van der Waals surface area contributed by atoms with Crippen molar-refractivity contribution in [2.45, 2.75) is 0 Å². The largest absolute Gasteiger partial charge is 0.497 e. The van der Waals surface area contributed by atoms with Gasteiger partial charge in [-0.25, -0.2) is 9.97 Å². The summed E-state index contributed by atoms with van der Waals surface area (Å²) in [6.07, 6.45) is 3.04. The molecule has 1 amide bonds. The summed E-state index contributed by atoms with van der Waals surface area (Å²) in [6.45, 7) is 0. The Kier molecular flexibility index (Phi) is 4.29. The Hall–Kier alpha value is -3.21. The highest BCUT2D eigenvalue weighted by atomic mass is 16.5. The molecule has 5 nitrogen and oxygen atoms in total. The van der Waals surface area contributed by atoms with Gasteiger partial charge in [-0.15, -0.1) is 0 Å². The van der Waals surface area contributed by atoms with Gasteiger partial charge >= 0.3 is 0 Å². The first kappa shape index (κ1) is 14.7. The Morgan fingerprint density at radius 1 is 0.957 bits per heavy atom. The zero-order valence-corrected chi connectivity index (χ0v) is 12.6. The lowest BCUT2D eigenvalue weighted by Gasteiger charge is -2.06. The van der Waals surface area contributed by atoms with Crippen LogP contribution in [0.2, 0.25) is 0 Å². The second kappa shape index (κ2) is 6.70. The average molecular weight is 305 g/mol. The fraction of sp³-hybridized carbons (Fsp3) is 0.0556. The van der Waals surface area contributed by atoms with Crippen LogP contribution in [-0.2, 0) is 0 Å². The summed E-state index contributed by atoms with van der Waals surface area (Å²) in [6, 6.07) is 16.7. The van der Waals surface area contributed by atoms with Crippen LogP contribution in [0.3, 0.4) is 0 Å².